The number of piperidine rings is 1. The van der Waals surface area contributed by atoms with E-state index in [9.17, 15) is 5.21 Å². The topological polar surface area (TPSA) is 35.5 Å². The molecule has 20 heavy (non-hydrogen) atoms. The Labute approximate surface area is 126 Å². The Morgan fingerprint density at radius 3 is 2.15 bits per heavy atom. The van der Waals surface area contributed by atoms with Crippen LogP contribution in [0.4, 0.5) is 0 Å². The molecule has 0 aromatic heterocycles. The molecule has 1 saturated heterocycles. The molecule has 1 aliphatic rings. The van der Waals surface area contributed by atoms with Crippen LogP contribution in [0.25, 0.3) is 0 Å². The quantitative estimate of drug-likeness (QED) is 0.755. The molecule has 0 spiro atoms. The van der Waals surface area contributed by atoms with Crippen LogP contribution in [-0.4, -0.2) is 28.4 Å². The van der Waals surface area contributed by atoms with Crippen molar-refractivity contribution in [3.63, 3.8) is 0 Å². The molecular weight excluding hydrogens is 272 g/mol. The molecule has 0 saturated carbocycles. The normalized spacial score (nSPS) is 23.3. The number of halogens is 1. The van der Waals surface area contributed by atoms with Crippen molar-refractivity contribution in [1.29, 1.82) is 0 Å². The molecule has 4 heteroatoms. The molecule has 1 radical (unpaired) electrons. The summed E-state index contributed by atoms with van der Waals surface area (Å²) in [4.78, 5) is 4.68. The van der Waals surface area contributed by atoms with Crippen molar-refractivity contribution in [2.24, 2.45) is 4.99 Å². The fourth-order valence-electron chi connectivity index (χ4n) is 3.06. The van der Waals surface area contributed by atoms with Crippen molar-refractivity contribution in [2.45, 2.75) is 57.7 Å². The van der Waals surface area contributed by atoms with Gasteiger partial charge >= 0.3 is 0 Å². The average Bonchev–Trinajstić information content (AvgIpc) is 2.35. The van der Waals surface area contributed by atoms with Crippen LogP contribution < -0.4 is 0 Å². The Morgan fingerprint density at radius 1 is 1.15 bits per heavy atom. The van der Waals surface area contributed by atoms with Crippen LogP contribution in [0.2, 0.25) is 5.02 Å². The Bertz CT molecular complexity index is 476. The minimum atomic E-state index is -0.371. The van der Waals surface area contributed by atoms with Gasteiger partial charge in [-0.05, 0) is 58.2 Å². The van der Waals surface area contributed by atoms with Crippen molar-refractivity contribution in [3.8, 4) is 0 Å². The molecule has 2 rings (SSSR count). The zero-order valence-electron chi connectivity index (χ0n) is 12.6. The number of rotatable bonds is 2. The van der Waals surface area contributed by atoms with E-state index in [1.807, 2.05) is 58.2 Å². The number of nitrogens with zero attached hydrogens (tertiary/aromatic N) is 2. The molecule has 0 aliphatic carbocycles. The summed E-state index contributed by atoms with van der Waals surface area (Å²) in [6, 6.07) is 7.80. The van der Waals surface area contributed by atoms with Gasteiger partial charge < -0.3 is 0 Å². The van der Waals surface area contributed by atoms with Crippen LogP contribution in [0, 0.1) is 0 Å². The van der Waals surface area contributed by atoms with E-state index in [4.69, 9.17) is 11.6 Å². The van der Waals surface area contributed by atoms with Crippen molar-refractivity contribution in [2.75, 3.05) is 0 Å². The molecule has 1 aliphatic heterocycles. The number of hydrogen-bond donors (Lipinski definition) is 0. The van der Waals surface area contributed by atoms with Gasteiger partial charge in [-0.15, -0.1) is 10.3 Å². The highest BCUT2D eigenvalue weighted by atomic mass is 35.5. The fourth-order valence-corrected chi connectivity index (χ4v) is 3.18. The molecule has 1 aromatic rings. The van der Waals surface area contributed by atoms with Gasteiger partial charge in [0, 0.05) is 22.3 Å². The first-order valence-corrected chi connectivity index (χ1v) is 7.35. The van der Waals surface area contributed by atoms with Gasteiger partial charge in [0.2, 0.25) is 0 Å². The second-order valence-corrected chi connectivity index (χ2v) is 7.25. The Kier molecular flexibility index (Phi) is 4.24. The van der Waals surface area contributed by atoms with Crippen LogP contribution in [0.3, 0.4) is 0 Å². The largest absolute Gasteiger partial charge is 0.289 e. The van der Waals surface area contributed by atoms with Crippen molar-refractivity contribution in [1.82, 2.24) is 5.06 Å². The Balaban J connectivity index is 2.12. The van der Waals surface area contributed by atoms with E-state index < -0.39 is 0 Å². The highest BCUT2D eigenvalue weighted by molar-refractivity contribution is 6.30. The van der Waals surface area contributed by atoms with Gasteiger partial charge in [-0.25, -0.2) is 0 Å². The minimum Gasteiger partial charge on any atom is -0.289 e. The van der Waals surface area contributed by atoms with E-state index in [2.05, 4.69) is 4.99 Å². The van der Waals surface area contributed by atoms with E-state index in [0.717, 1.165) is 23.4 Å². The maximum atomic E-state index is 12.3. The summed E-state index contributed by atoms with van der Waals surface area (Å²) in [6.45, 7) is 7.97. The van der Waals surface area contributed by atoms with Crippen LogP contribution in [-0.2, 0) is 5.21 Å². The summed E-state index contributed by atoms with van der Waals surface area (Å²) in [5.74, 6) is 0. The lowest BCUT2D eigenvalue weighted by molar-refractivity contribution is -0.288. The van der Waals surface area contributed by atoms with Crippen LogP contribution in [0.5, 0.6) is 0 Å². The van der Waals surface area contributed by atoms with E-state index in [-0.39, 0.29) is 17.1 Å². The lowest BCUT2D eigenvalue weighted by Gasteiger charge is -2.48. The van der Waals surface area contributed by atoms with Crippen LogP contribution >= 0.6 is 11.6 Å². The monoisotopic (exact) mass is 293 g/mol. The molecule has 0 amide bonds. The predicted molar refractivity (Wildman–Crippen MR) is 82.8 cm³/mol. The van der Waals surface area contributed by atoms with E-state index >= 15 is 0 Å². The molecule has 3 nitrogen and oxygen atoms in total. The predicted octanol–water partition coefficient (Wildman–Crippen LogP) is 4.13. The summed E-state index contributed by atoms with van der Waals surface area (Å²) in [5.41, 5.74) is 0.294. The highest BCUT2D eigenvalue weighted by Crippen LogP contribution is 2.38. The molecule has 0 N–H and O–H groups in total. The van der Waals surface area contributed by atoms with Gasteiger partial charge in [-0.1, -0.05) is 23.7 Å². The molecule has 1 fully saturated rings. The summed E-state index contributed by atoms with van der Waals surface area (Å²) in [5, 5.41) is 14.2. The second kappa shape index (κ2) is 5.47. The molecule has 0 unspecified atom stereocenters. The second-order valence-electron chi connectivity index (χ2n) is 6.81. The zero-order valence-corrected chi connectivity index (χ0v) is 13.3. The van der Waals surface area contributed by atoms with Crippen molar-refractivity contribution >= 4 is 17.8 Å². The smallest absolute Gasteiger partial charge is 0.0536 e. The summed E-state index contributed by atoms with van der Waals surface area (Å²) < 4.78 is 0. The number of benzene rings is 1. The maximum absolute atomic E-state index is 12.3. The molecule has 109 valence electrons. The highest BCUT2D eigenvalue weighted by Gasteiger charge is 2.45. The van der Waals surface area contributed by atoms with Gasteiger partial charge in [-0.2, -0.15) is 0 Å². The average molecular weight is 294 g/mol. The number of aliphatic imine (C=N–C) groups is 1. The third-order valence-electron chi connectivity index (χ3n) is 3.87. The lowest BCUT2D eigenvalue weighted by Crippen LogP contribution is -2.59. The van der Waals surface area contributed by atoms with Gasteiger partial charge in [0.25, 0.3) is 0 Å². The van der Waals surface area contributed by atoms with Crippen LogP contribution in [0.15, 0.2) is 29.3 Å². The van der Waals surface area contributed by atoms with Gasteiger partial charge in [0.1, 0.15) is 0 Å². The van der Waals surface area contributed by atoms with Gasteiger partial charge in [0.05, 0.1) is 6.04 Å². The van der Waals surface area contributed by atoms with Crippen molar-refractivity contribution < 1.29 is 5.21 Å². The SMILES string of the molecule is CC1(C)CC(N=Cc2ccc(Cl)cc2)CC(C)(C)N1[O]. The molecule has 1 aromatic carbocycles. The lowest BCUT2D eigenvalue weighted by atomic mass is 9.79. The summed E-state index contributed by atoms with van der Waals surface area (Å²) >= 11 is 5.87. The van der Waals surface area contributed by atoms with Gasteiger partial charge in [0.15, 0.2) is 0 Å². The van der Waals surface area contributed by atoms with Crippen LogP contribution in [0.1, 0.15) is 46.1 Å². The molecule has 0 atom stereocenters. The zero-order chi connectivity index (χ0) is 15.0. The number of hydroxylamine groups is 2. The first-order chi connectivity index (χ1) is 9.21. The van der Waals surface area contributed by atoms with Crippen molar-refractivity contribution in [3.05, 3.63) is 34.9 Å². The minimum absolute atomic E-state index is 0.181. The van der Waals surface area contributed by atoms with E-state index in [1.165, 1.54) is 5.06 Å². The first kappa shape index (κ1) is 15.5. The molecule has 1 heterocycles. The molecular formula is C16H22ClN2O. The first-order valence-electron chi connectivity index (χ1n) is 6.97. The molecule has 0 bridgehead atoms. The van der Waals surface area contributed by atoms with E-state index in [1.54, 1.807) is 0 Å². The van der Waals surface area contributed by atoms with Gasteiger partial charge in [-0.3, -0.25) is 4.99 Å². The maximum Gasteiger partial charge on any atom is 0.0536 e. The standard InChI is InChI=1S/C16H22ClN2O/c1-15(2)9-14(10-16(3,4)19(15)20)18-11-12-5-7-13(17)8-6-12/h5-8,11,14H,9-10H2,1-4H3. The van der Waals surface area contributed by atoms with E-state index in [0.29, 0.717) is 0 Å². The Hall–Kier alpha value is -0.900. The summed E-state index contributed by atoms with van der Waals surface area (Å²) in [7, 11) is 0. The fraction of sp³-hybridized carbons (Fsp3) is 0.562. The number of hydrogen-bond acceptors (Lipinski definition) is 2. The third-order valence-corrected chi connectivity index (χ3v) is 4.13. The summed E-state index contributed by atoms with van der Waals surface area (Å²) in [6.07, 6.45) is 3.45. The Morgan fingerprint density at radius 2 is 1.65 bits per heavy atom. The third kappa shape index (κ3) is 3.40.